The minimum absolute atomic E-state index is 0.144. The van der Waals surface area contributed by atoms with E-state index in [2.05, 4.69) is 20.3 Å². The molecule has 0 bridgehead atoms. The van der Waals surface area contributed by atoms with Crippen LogP contribution in [0.15, 0.2) is 67.0 Å². The predicted molar refractivity (Wildman–Crippen MR) is 143 cm³/mol. The van der Waals surface area contributed by atoms with Crippen LogP contribution in [-0.4, -0.2) is 41.4 Å². The molecule has 0 saturated carbocycles. The van der Waals surface area contributed by atoms with E-state index in [9.17, 15) is 14.0 Å². The summed E-state index contributed by atoms with van der Waals surface area (Å²) in [5, 5.41) is 8.16. The van der Waals surface area contributed by atoms with Gasteiger partial charge in [-0.15, -0.1) is 0 Å². The fourth-order valence-electron chi connectivity index (χ4n) is 4.81. The Bertz CT molecular complexity index is 1750. The zero-order chi connectivity index (χ0) is 27.1. The van der Waals surface area contributed by atoms with Crippen molar-refractivity contribution in [3.05, 3.63) is 95.3 Å². The van der Waals surface area contributed by atoms with Gasteiger partial charge in [-0.05, 0) is 50.6 Å². The molecule has 1 aromatic carbocycles. The fourth-order valence-corrected chi connectivity index (χ4v) is 4.81. The van der Waals surface area contributed by atoms with Gasteiger partial charge in [-0.1, -0.05) is 24.3 Å². The first-order valence-corrected chi connectivity index (χ1v) is 12.6. The van der Waals surface area contributed by atoms with Crippen LogP contribution in [-0.2, 0) is 23.2 Å². The van der Waals surface area contributed by atoms with Crippen LogP contribution < -0.4 is 5.32 Å². The van der Waals surface area contributed by atoms with Crippen molar-refractivity contribution in [3.63, 3.8) is 0 Å². The number of carbonyl (C=O) groups excluding carboxylic acids is 2. The number of carbonyl (C=O) groups is 2. The zero-order valence-corrected chi connectivity index (χ0v) is 21.3. The van der Waals surface area contributed by atoms with E-state index in [-0.39, 0.29) is 47.8 Å². The van der Waals surface area contributed by atoms with Gasteiger partial charge >= 0.3 is 0 Å². The Hall–Kier alpha value is -4.86. The lowest BCUT2D eigenvalue weighted by Crippen LogP contribution is -2.28. The number of rotatable bonds is 7. The molecule has 0 unspecified atom stereocenters. The lowest BCUT2D eigenvalue weighted by molar-refractivity contribution is -0.119. The summed E-state index contributed by atoms with van der Waals surface area (Å²) in [6.07, 6.45) is 3.90. The second-order valence-electron chi connectivity index (χ2n) is 9.92. The Kier molecular flexibility index (Phi) is 5.94. The molecule has 4 aromatic heterocycles. The van der Waals surface area contributed by atoms with Crippen molar-refractivity contribution in [1.82, 2.24) is 29.7 Å². The molecule has 194 valence electrons. The van der Waals surface area contributed by atoms with Gasteiger partial charge < -0.3 is 5.32 Å². The Morgan fingerprint density at radius 1 is 1.00 bits per heavy atom. The SMILES string of the molecule is CC1(C)C(=O)Nc2nc(-c3nn(Cc4ccccc4F)c4ncccc34)nc(C(=O)CCc3ccccn3)c21. The molecule has 6 rings (SSSR count). The summed E-state index contributed by atoms with van der Waals surface area (Å²) in [6.45, 7) is 3.63. The van der Waals surface area contributed by atoms with Gasteiger partial charge in [-0.2, -0.15) is 5.10 Å². The number of hydrogen-bond acceptors (Lipinski definition) is 7. The quantitative estimate of drug-likeness (QED) is 0.313. The van der Waals surface area contributed by atoms with E-state index in [1.165, 1.54) is 6.07 Å². The molecule has 0 fully saturated rings. The van der Waals surface area contributed by atoms with Crippen molar-refractivity contribution >= 4 is 28.5 Å². The van der Waals surface area contributed by atoms with Crippen molar-refractivity contribution in [1.29, 1.82) is 0 Å². The molecule has 0 radical (unpaired) electrons. The van der Waals surface area contributed by atoms with Gasteiger partial charge in [0.15, 0.2) is 17.3 Å². The first kappa shape index (κ1) is 24.5. The lowest BCUT2D eigenvalue weighted by Gasteiger charge is -2.17. The third-order valence-electron chi connectivity index (χ3n) is 6.93. The molecule has 0 aliphatic carbocycles. The van der Waals surface area contributed by atoms with E-state index in [4.69, 9.17) is 10.1 Å². The summed E-state index contributed by atoms with van der Waals surface area (Å²) < 4.78 is 16.0. The number of anilines is 1. The normalized spacial score (nSPS) is 13.9. The molecular formula is C29H24FN7O2. The number of hydrogen-bond donors (Lipinski definition) is 1. The monoisotopic (exact) mass is 521 g/mol. The molecule has 9 nitrogen and oxygen atoms in total. The molecule has 5 heterocycles. The molecule has 10 heteroatoms. The highest BCUT2D eigenvalue weighted by Gasteiger charge is 2.44. The average molecular weight is 522 g/mol. The highest BCUT2D eigenvalue weighted by atomic mass is 19.1. The van der Waals surface area contributed by atoms with Crippen LogP contribution in [0.2, 0.25) is 0 Å². The number of halogens is 1. The smallest absolute Gasteiger partial charge is 0.235 e. The molecule has 1 N–H and O–H groups in total. The number of Topliss-reactive ketones (excluding diaryl/α,β-unsaturated/α-hetero) is 1. The Morgan fingerprint density at radius 3 is 2.59 bits per heavy atom. The van der Waals surface area contributed by atoms with Crippen molar-refractivity contribution in [3.8, 4) is 11.5 Å². The second-order valence-corrected chi connectivity index (χ2v) is 9.92. The second kappa shape index (κ2) is 9.46. The van der Waals surface area contributed by atoms with Crippen LogP contribution in [0.4, 0.5) is 10.2 Å². The first-order valence-electron chi connectivity index (χ1n) is 12.6. The fraction of sp³-hybridized carbons (Fsp3) is 0.207. The minimum Gasteiger partial charge on any atom is -0.310 e. The number of nitrogens with one attached hydrogen (secondary N) is 1. The zero-order valence-electron chi connectivity index (χ0n) is 21.3. The molecule has 1 aliphatic rings. The van der Waals surface area contributed by atoms with Crippen LogP contribution in [0.3, 0.4) is 0 Å². The highest BCUT2D eigenvalue weighted by Crippen LogP contribution is 2.40. The number of aryl methyl sites for hydroxylation is 1. The van der Waals surface area contributed by atoms with Gasteiger partial charge in [0.05, 0.1) is 17.3 Å². The van der Waals surface area contributed by atoms with E-state index in [1.54, 1.807) is 55.2 Å². The van der Waals surface area contributed by atoms with Crippen molar-refractivity contribution < 1.29 is 14.0 Å². The van der Waals surface area contributed by atoms with Gasteiger partial charge in [0, 0.05) is 35.6 Å². The third kappa shape index (κ3) is 4.33. The maximum Gasteiger partial charge on any atom is 0.235 e. The van der Waals surface area contributed by atoms with Crippen LogP contribution in [0.25, 0.3) is 22.6 Å². The van der Waals surface area contributed by atoms with Gasteiger partial charge in [0.1, 0.15) is 23.0 Å². The van der Waals surface area contributed by atoms with E-state index >= 15 is 0 Å². The highest BCUT2D eigenvalue weighted by molar-refractivity contribution is 6.09. The number of amides is 1. The molecule has 0 saturated heterocycles. The van der Waals surface area contributed by atoms with E-state index in [0.717, 1.165) is 5.69 Å². The Balaban J connectivity index is 1.46. The van der Waals surface area contributed by atoms with Gasteiger partial charge in [-0.3, -0.25) is 14.6 Å². The molecule has 39 heavy (non-hydrogen) atoms. The summed E-state index contributed by atoms with van der Waals surface area (Å²) in [5.41, 5.74) is 1.80. The van der Waals surface area contributed by atoms with E-state index in [0.29, 0.717) is 34.3 Å². The molecular weight excluding hydrogens is 497 g/mol. The van der Waals surface area contributed by atoms with Crippen LogP contribution in [0, 0.1) is 5.82 Å². The van der Waals surface area contributed by atoms with E-state index < -0.39 is 5.41 Å². The van der Waals surface area contributed by atoms with Gasteiger partial charge in [0.25, 0.3) is 0 Å². The Morgan fingerprint density at radius 2 is 1.79 bits per heavy atom. The van der Waals surface area contributed by atoms with Crippen molar-refractivity contribution in [2.75, 3.05) is 5.32 Å². The summed E-state index contributed by atoms with van der Waals surface area (Å²) in [7, 11) is 0. The largest absolute Gasteiger partial charge is 0.310 e. The maximum atomic E-state index is 14.4. The summed E-state index contributed by atoms with van der Waals surface area (Å²) in [6, 6.07) is 15.6. The number of benzene rings is 1. The van der Waals surface area contributed by atoms with Gasteiger partial charge in [-0.25, -0.2) is 24.0 Å². The van der Waals surface area contributed by atoms with Crippen molar-refractivity contribution in [2.24, 2.45) is 0 Å². The lowest BCUT2D eigenvalue weighted by atomic mass is 9.84. The number of pyridine rings is 2. The Labute approximate surface area is 223 Å². The minimum atomic E-state index is -0.988. The number of ketones is 1. The summed E-state index contributed by atoms with van der Waals surface area (Å²) in [4.78, 5) is 44.5. The first-order chi connectivity index (χ1) is 18.8. The predicted octanol–water partition coefficient (Wildman–Crippen LogP) is 4.52. The molecule has 1 aliphatic heterocycles. The number of nitrogens with zero attached hydrogens (tertiary/aromatic N) is 6. The van der Waals surface area contributed by atoms with Gasteiger partial charge in [0.2, 0.25) is 5.91 Å². The van der Waals surface area contributed by atoms with Crippen LogP contribution >= 0.6 is 0 Å². The average Bonchev–Trinajstić information content (AvgIpc) is 3.42. The molecule has 0 atom stereocenters. The third-order valence-corrected chi connectivity index (χ3v) is 6.93. The van der Waals surface area contributed by atoms with Crippen LogP contribution in [0.1, 0.15) is 47.6 Å². The topological polar surface area (TPSA) is 116 Å². The maximum absolute atomic E-state index is 14.4. The molecule has 0 spiro atoms. The number of fused-ring (bicyclic) bond motifs is 2. The summed E-state index contributed by atoms with van der Waals surface area (Å²) >= 11 is 0. The standard InChI is InChI=1S/C29H24FN7O2/c1-29(2)22-24(21(38)13-12-18-9-5-6-14-31-18)33-26(34-25(22)35-28(29)39)23-19-10-7-15-32-27(19)37(36-23)16-17-8-3-4-11-20(17)30/h3-11,14-15H,12-13,16H2,1-2H3,(H,33,34,35,39). The van der Waals surface area contributed by atoms with Crippen molar-refractivity contribution in [2.45, 2.75) is 38.6 Å². The molecule has 5 aromatic rings. The summed E-state index contributed by atoms with van der Waals surface area (Å²) in [5.74, 6) is -0.370. The van der Waals surface area contributed by atoms with Crippen LogP contribution in [0.5, 0.6) is 0 Å². The van der Waals surface area contributed by atoms with E-state index in [1.807, 2.05) is 24.3 Å². The number of aromatic nitrogens is 6. The molecule has 1 amide bonds.